The van der Waals surface area contributed by atoms with E-state index in [1.165, 1.54) is 6.42 Å². The van der Waals surface area contributed by atoms with Crippen molar-refractivity contribution in [1.82, 2.24) is 0 Å². The maximum absolute atomic E-state index is 11.9. The van der Waals surface area contributed by atoms with Crippen molar-refractivity contribution in [3.05, 3.63) is 0 Å². The van der Waals surface area contributed by atoms with Crippen LogP contribution in [0.15, 0.2) is 0 Å². The second-order valence-electron chi connectivity index (χ2n) is 6.74. The Kier molecular flexibility index (Phi) is 5.67. The van der Waals surface area contributed by atoms with Crippen LogP contribution in [0.5, 0.6) is 0 Å². The Balaban J connectivity index is 2.62. The molecule has 0 bridgehead atoms. The van der Waals surface area contributed by atoms with Crippen LogP contribution in [0.25, 0.3) is 0 Å². The summed E-state index contributed by atoms with van der Waals surface area (Å²) >= 11 is 3.63. The molecule has 1 aliphatic carbocycles. The first-order valence-electron chi connectivity index (χ1n) is 6.91. The third kappa shape index (κ3) is 4.89. The highest BCUT2D eigenvalue weighted by Crippen LogP contribution is 2.41. The molecule has 0 aromatic carbocycles. The summed E-state index contributed by atoms with van der Waals surface area (Å²) in [6.45, 7) is 9.05. The summed E-state index contributed by atoms with van der Waals surface area (Å²) in [5, 5.41) is 0. The zero-order valence-corrected chi connectivity index (χ0v) is 14.7. The summed E-state index contributed by atoms with van der Waals surface area (Å²) in [5.41, 5.74) is 3.51. The molecule has 2 unspecified atom stereocenters. The van der Waals surface area contributed by atoms with Gasteiger partial charge in [-0.05, 0) is 24.7 Å². The fourth-order valence-electron chi connectivity index (χ4n) is 2.40. The Morgan fingerprint density at radius 3 is 2.67 bits per heavy atom. The molecule has 0 aromatic heterocycles. The van der Waals surface area contributed by atoms with Gasteiger partial charge in [0, 0.05) is 12.8 Å². The van der Waals surface area contributed by atoms with Gasteiger partial charge in [-0.1, -0.05) is 48.9 Å². The minimum Gasteiger partial charge on any atom is -0.298 e. The molecule has 0 N–H and O–H groups in total. The van der Waals surface area contributed by atoms with Gasteiger partial charge in [0.25, 0.3) is 0 Å². The fraction of sp³-hybridized carbons (Fsp3) is 0.800. The van der Waals surface area contributed by atoms with Gasteiger partial charge in [0.1, 0.15) is 13.9 Å². The predicted molar refractivity (Wildman–Crippen MR) is 84.7 cm³/mol. The van der Waals surface area contributed by atoms with Crippen molar-refractivity contribution >= 4 is 29.8 Å². The van der Waals surface area contributed by atoms with Crippen LogP contribution in [0.2, 0.25) is 19.6 Å². The summed E-state index contributed by atoms with van der Waals surface area (Å²) in [7, 11) is -1.25. The molecule has 0 radical (unpaired) electrons. The van der Waals surface area contributed by atoms with Gasteiger partial charge in [-0.3, -0.25) is 4.79 Å². The molecule has 2 atom stereocenters. The van der Waals surface area contributed by atoms with E-state index in [1.807, 2.05) is 0 Å². The Bertz CT molecular complexity index is 361. The molecule has 0 aliphatic heterocycles. The molecule has 0 spiro atoms. The first-order chi connectivity index (χ1) is 8.25. The Morgan fingerprint density at radius 2 is 2.06 bits per heavy atom. The summed E-state index contributed by atoms with van der Waals surface area (Å²) in [6.07, 6.45) is 6.07. The van der Waals surface area contributed by atoms with Crippen molar-refractivity contribution in [3.63, 3.8) is 0 Å². The second-order valence-corrected chi connectivity index (χ2v) is 12.4. The van der Waals surface area contributed by atoms with Crippen LogP contribution >= 0.6 is 15.9 Å². The zero-order chi connectivity index (χ0) is 13.8. The smallest absolute Gasteiger partial charge is 0.147 e. The van der Waals surface area contributed by atoms with Gasteiger partial charge < -0.3 is 0 Å². The Hall–Kier alpha value is -0.0731. The van der Waals surface area contributed by atoms with Crippen LogP contribution in [-0.4, -0.2) is 18.7 Å². The molecule has 1 nitrogen and oxygen atoms in total. The maximum atomic E-state index is 11.9. The number of Topliss-reactive ketones (excluding diaryl/α,β-unsaturated/α-hetero) is 1. The second kappa shape index (κ2) is 6.39. The molecule has 0 saturated heterocycles. The van der Waals surface area contributed by atoms with Crippen molar-refractivity contribution in [2.75, 3.05) is 0 Å². The van der Waals surface area contributed by atoms with Crippen LogP contribution < -0.4 is 0 Å². The minimum absolute atomic E-state index is 0.0289. The predicted octanol–water partition coefficient (Wildman–Crippen LogP) is 4.56. The van der Waals surface area contributed by atoms with Crippen molar-refractivity contribution < 1.29 is 4.79 Å². The first kappa shape index (κ1) is 16.0. The highest BCUT2D eigenvalue weighted by Gasteiger charge is 2.37. The molecular weight excluding hydrogens is 304 g/mol. The highest BCUT2D eigenvalue weighted by molar-refractivity contribution is 9.10. The van der Waals surface area contributed by atoms with Crippen molar-refractivity contribution in [2.24, 2.45) is 5.41 Å². The SMILES string of the molecule is CC1(CCC#C[Si](C)(C)C)CCCCC(=O)C1Br. The van der Waals surface area contributed by atoms with E-state index in [9.17, 15) is 4.79 Å². The topological polar surface area (TPSA) is 17.1 Å². The summed E-state index contributed by atoms with van der Waals surface area (Å²) in [5.74, 6) is 3.72. The van der Waals surface area contributed by atoms with E-state index in [1.54, 1.807) is 0 Å². The normalized spacial score (nSPS) is 29.4. The molecule has 102 valence electrons. The number of rotatable bonds is 2. The molecule has 0 aromatic rings. The summed E-state index contributed by atoms with van der Waals surface area (Å²) in [6, 6.07) is 0. The van der Waals surface area contributed by atoms with Gasteiger partial charge in [0.05, 0.1) is 4.83 Å². The van der Waals surface area contributed by atoms with Crippen molar-refractivity contribution in [2.45, 2.75) is 69.9 Å². The maximum Gasteiger partial charge on any atom is 0.147 e. The third-order valence-electron chi connectivity index (χ3n) is 3.60. The average Bonchev–Trinajstić information content (AvgIpc) is 2.38. The number of ketones is 1. The lowest BCUT2D eigenvalue weighted by Crippen LogP contribution is -2.32. The van der Waals surface area contributed by atoms with E-state index >= 15 is 0 Å². The molecular formula is C15H25BrOSi. The van der Waals surface area contributed by atoms with Gasteiger partial charge in [-0.2, -0.15) is 0 Å². The number of hydrogen-bond donors (Lipinski definition) is 0. The number of carbonyl (C=O) groups is 1. The van der Waals surface area contributed by atoms with E-state index < -0.39 is 8.07 Å². The van der Waals surface area contributed by atoms with Crippen LogP contribution in [0, 0.1) is 16.9 Å². The summed E-state index contributed by atoms with van der Waals surface area (Å²) < 4.78 is 0. The van der Waals surface area contributed by atoms with E-state index in [2.05, 4.69) is 54.0 Å². The Labute approximate surface area is 121 Å². The molecule has 0 heterocycles. The quantitative estimate of drug-likeness (QED) is 0.314. The van der Waals surface area contributed by atoms with Gasteiger partial charge in [-0.25, -0.2) is 0 Å². The zero-order valence-electron chi connectivity index (χ0n) is 12.1. The highest BCUT2D eigenvalue weighted by atomic mass is 79.9. The van der Waals surface area contributed by atoms with Crippen LogP contribution in [0.1, 0.15) is 45.4 Å². The fourth-order valence-corrected chi connectivity index (χ4v) is 3.74. The monoisotopic (exact) mass is 328 g/mol. The standard InChI is InChI=1S/C15H25BrOSi/c1-15(11-7-8-12-18(2,3)4)10-6-5-9-13(17)14(15)16/h14H,5-7,9-11H2,1-4H3. The van der Waals surface area contributed by atoms with Crippen LogP contribution in [0.4, 0.5) is 0 Å². The molecule has 1 saturated carbocycles. The van der Waals surface area contributed by atoms with Crippen LogP contribution in [0.3, 0.4) is 0 Å². The molecule has 1 fully saturated rings. The van der Waals surface area contributed by atoms with Crippen molar-refractivity contribution in [3.8, 4) is 11.5 Å². The number of carbonyl (C=O) groups excluding carboxylic acids is 1. The molecule has 18 heavy (non-hydrogen) atoms. The first-order valence-corrected chi connectivity index (χ1v) is 11.3. The van der Waals surface area contributed by atoms with Crippen LogP contribution in [-0.2, 0) is 4.79 Å². The largest absolute Gasteiger partial charge is 0.298 e. The van der Waals surface area contributed by atoms with Gasteiger partial charge in [-0.15, -0.1) is 11.5 Å². The minimum atomic E-state index is -1.25. The third-order valence-corrected chi connectivity index (χ3v) is 6.14. The van der Waals surface area contributed by atoms with Gasteiger partial charge in [0.2, 0.25) is 0 Å². The number of alkyl halides is 1. The van der Waals surface area contributed by atoms with E-state index in [0.29, 0.717) is 5.78 Å². The number of halogens is 1. The average molecular weight is 329 g/mol. The van der Waals surface area contributed by atoms with Crippen molar-refractivity contribution in [1.29, 1.82) is 0 Å². The Morgan fingerprint density at radius 1 is 1.39 bits per heavy atom. The molecule has 3 heteroatoms. The number of hydrogen-bond acceptors (Lipinski definition) is 1. The molecule has 0 amide bonds. The molecule has 1 rings (SSSR count). The van der Waals surface area contributed by atoms with Gasteiger partial charge >= 0.3 is 0 Å². The summed E-state index contributed by atoms with van der Waals surface area (Å²) in [4.78, 5) is 12.0. The lowest BCUT2D eigenvalue weighted by molar-refractivity contribution is -0.119. The van der Waals surface area contributed by atoms with E-state index in [4.69, 9.17) is 0 Å². The molecule has 1 aliphatic rings. The van der Waals surface area contributed by atoms with Gasteiger partial charge in [0.15, 0.2) is 0 Å². The lowest BCUT2D eigenvalue weighted by atomic mass is 9.78. The van der Waals surface area contributed by atoms with E-state index in [-0.39, 0.29) is 10.2 Å². The lowest BCUT2D eigenvalue weighted by Gasteiger charge is -2.31. The van der Waals surface area contributed by atoms with E-state index in [0.717, 1.165) is 32.1 Å².